The second-order valence-electron chi connectivity index (χ2n) is 4.33. The molecule has 0 unspecified atom stereocenters. The molecule has 0 heterocycles. The van der Waals surface area contributed by atoms with E-state index in [1.54, 1.807) is 0 Å². The van der Waals surface area contributed by atoms with Crippen LogP contribution >= 0.6 is 28.1 Å². The molecular formula is C14H22BrN3S. The molecule has 106 valence electrons. The molecule has 0 bridgehead atoms. The van der Waals surface area contributed by atoms with Crippen LogP contribution in [0.3, 0.4) is 0 Å². The van der Waals surface area contributed by atoms with Crippen LogP contribution in [0.15, 0.2) is 22.7 Å². The molecule has 0 aliphatic heterocycles. The van der Waals surface area contributed by atoms with Crippen LogP contribution < -0.4 is 11.1 Å². The highest BCUT2D eigenvalue weighted by Gasteiger charge is 2.08. The minimum absolute atomic E-state index is 0.415. The van der Waals surface area contributed by atoms with Crippen molar-refractivity contribution in [3.05, 3.63) is 28.2 Å². The summed E-state index contributed by atoms with van der Waals surface area (Å²) in [7, 11) is 0. The third-order valence-corrected chi connectivity index (χ3v) is 3.99. The van der Waals surface area contributed by atoms with Crippen molar-refractivity contribution in [2.45, 2.75) is 20.3 Å². The minimum Gasteiger partial charge on any atom is -0.389 e. The highest BCUT2D eigenvalue weighted by Crippen LogP contribution is 2.24. The fourth-order valence-corrected chi connectivity index (χ4v) is 2.92. The normalized spacial score (nSPS) is 10.7. The molecule has 5 heteroatoms. The zero-order valence-electron chi connectivity index (χ0n) is 11.6. The van der Waals surface area contributed by atoms with E-state index in [4.69, 9.17) is 18.0 Å². The smallest absolute Gasteiger partial charge is 0.107 e. The van der Waals surface area contributed by atoms with E-state index < -0.39 is 0 Å². The predicted molar refractivity (Wildman–Crippen MR) is 90.9 cm³/mol. The van der Waals surface area contributed by atoms with E-state index in [-0.39, 0.29) is 0 Å². The number of nitrogens with one attached hydrogen (secondary N) is 1. The highest BCUT2D eigenvalue weighted by atomic mass is 79.9. The average Bonchev–Trinajstić information content (AvgIpc) is 2.38. The molecule has 3 N–H and O–H groups in total. The Hall–Kier alpha value is -0.650. The number of benzene rings is 1. The van der Waals surface area contributed by atoms with Gasteiger partial charge in [-0.3, -0.25) is 0 Å². The Bertz CT molecular complexity index is 419. The van der Waals surface area contributed by atoms with Crippen molar-refractivity contribution >= 4 is 38.8 Å². The Kier molecular flexibility index (Phi) is 7.34. The summed E-state index contributed by atoms with van der Waals surface area (Å²) in [6.45, 7) is 8.61. The number of halogens is 1. The molecule has 1 rings (SSSR count). The molecule has 0 aromatic heterocycles. The van der Waals surface area contributed by atoms with Gasteiger partial charge in [0.2, 0.25) is 0 Å². The van der Waals surface area contributed by atoms with Crippen molar-refractivity contribution in [1.29, 1.82) is 0 Å². The summed E-state index contributed by atoms with van der Waals surface area (Å²) in [4.78, 5) is 2.83. The van der Waals surface area contributed by atoms with Crippen LogP contribution in [-0.2, 0) is 0 Å². The Morgan fingerprint density at radius 2 is 2.05 bits per heavy atom. The van der Waals surface area contributed by atoms with Crippen LogP contribution in [0, 0.1) is 0 Å². The van der Waals surface area contributed by atoms with E-state index in [9.17, 15) is 0 Å². The monoisotopic (exact) mass is 343 g/mol. The molecule has 0 spiro atoms. The lowest BCUT2D eigenvalue weighted by molar-refractivity contribution is 0.303. The second kappa shape index (κ2) is 8.51. The standard InChI is InChI=1S/C14H22BrN3S/c1-3-18(4-2)10-6-9-17-12-8-5-7-11(15)13(12)14(16)19/h5,7-8,17H,3-4,6,9-10H2,1-2H3,(H2,16,19). The van der Waals surface area contributed by atoms with E-state index >= 15 is 0 Å². The van der Waals surface area contributed by atoms with Gasteiger partial charge in [0, 0.05) is 22.3 Å². The second-order valence-corrected chi connectivity index (χ2v) is 5.63. The van der Waals surface area contributed by atoms with Crippen molar-refractivity contribution < 1.29 is 0 Å². The van der Waals surface area contributed by atoms with Crippen LogP contribution in [0.1, 0.15) is 25.8 Å². The lowest BCUT2D eigenvalue weighted by Gasteiger charge is -2.18. The summed E-state index contributed by atoms with van der Waals surface area (Å²) < 4.78 is 0.939. The van der Waals surface area contributed by atoms with Gasteiger partial charge in [-0.2, -0.15) is 0 Å². The number of thiocarbonyl (C=S) groups is 1. The molecule has 0 amide bonds. The number of hydrogen-bond acceptors (Lipinski definition) is 3. The fraction of sp³-hybridized carbons (Fsp3) is 0.500. The zero-order valence-corrected chi connectivity index (χ0v) is 14.0. The van der Waals surface area contributed by atoms with Gasteiger partial charge in [-0.1, -0.05) is 32.1 Å². The van der Waals surface area contributed by atoms with E-state index in [0.717, 1.165) is 48.3 Å². The number of nitrogens with zero attached hydrogens (tertiary/aromatic N) is 1. The molecule has 3 nitrogen and oxygen atoms in total. The van der Waals surface area contributed by atoms with Gasteiger partial charge in [0.15, 0.2) is 0 Å². The molecule has 19 heavy (non-hydrogen) atoms. The zero-order chi connectivity index (χ0) is 14.3. The lowest BCUT2D eigenvalue weighted by atomic mass is 10.1. The summed E-state index contributed by atoms with van der Waals surface area (Å²) in [5.41, 5.74) is 7.65. The van der Waals surface area contributed by atoms with Crippen molar-refractivity contribution in [2.75, 3.05) is 31.5 Å². The summed E-state index contributed by atoms with van der Waals surface area (Å²) >= 11 is 8.58. The fourth-order valence-electron chi connectivity index (χ4n) is 1.99. The van der Waals surface area contributed by atoms with Crippen molar-refractivity contribution in [2.24, 2.45) is 5.73 Å². The van der Waals surface area contributed by atoms with Gasteiger partial charge in [0.05, 0.1) is 0 Å². The average molecular weight is 344 g/mol. The Morgan fingerprint density at radius 3 is 2.63 bits per heavy atom. The maximum absolute atomic E-state index is 5.76. The largest absolute Gasteiger partial charge is 0.389 e. The number of hydrogen-bond donors (Lipinski definition) is 2. The Labute approximate surface area is 129 Å². The first-order valence-corrected chi connectivity index (χ1v) is 7.84. The summed E-state index contributed by atoms with van der Waals surface area (Å²) in [5.74, 6) is 0. The maximum Gasteiger partial charge on any atom is 0.107 e. The third-order valence-electron chi connectivity index (χ3n) is 3.12. The first-order chi connectivity index (χ1) is 9.10. The van der Waals surface area contributed by atoms with Gasteiger partial charge < -0.3 is 16.0 Å². The van der Waals surface area contributed by atoms with Gasteiger partial charge >= 0.3 is 0 Å². The van der Waals surface area contributed by atoms with Crippen LogP contribution in [0.25, 0.3) is 0 Å². The number of anilines is 1. The maximum atomic E-state index is 5.76. The van der Waals surface area contributed by atoms with Crippen LogP contribution in [-0.4, -0.2) is 36.1 Å². The Balaban J connectivity index is 2.54. The van der Waals surface area contributed by atoms with Crippen LogP contribution in [0.5, 0.6) is 0 Å². The number of nitrogens with two attached hydrogens (primary N) is 1. The molecule has 0 atom stereocenters. The van der Waals surface area contributed by atoms with E-state index in [2.05, 4.69) is 40.0 Å². The first-order valence-electron chi connectivity index (χ1n) is 6.64. The van der Waals surface area contributed by atoms with Crippen molar-refractivity contribution in [3.8, 4) is 0 Å². The molecule has 0 radical (unpaired) electrons. The molecule has 0 aliphatic carbocycles. The van der Waals surface area contributed by atoms with E-state index in [1.165, 1.54) is 0 Å². The molecule has 0 fully saturated rings. The molecule has 1 aromatic rings. The van der Waals surface area contributed by atoms with Crippen LogP contribution in [0.4, 0.5) is 5.69 Å². The third kappa shape index (κ3) is 5.09. The van der Waals surface area contributed by atoms with Gasteiger partial charge in [-0.15, -0.1) is 0 Å². The van der Waals surface area contributed by atoms with Crippen LogP contribution in [0.2, 0.25) is 0 Å². The van der Waals surface area contributed by atoms with Gasteiger partial charge in [0.25, 0.3) is 0 Å². The molecule has 0 saturated carbocycles. The highest BCUT2D eigenvalue weighted by molar-refractivity contribution is 9.10. The molecule has 1 aromatic carbocycles. The lowest BCUT2D eigenvalue weighted by Crippen LogP contribution is -2.25. The van der Waals surface area contributed by atoms with Gasteiger partial charge in [0.1, 0.15) is 4.99 Å². The van der Waals surface area contributed by atoms with E-state index in [0.29, 0.717) is 4.99 Å². The van der Waals surface area contributed by atoms with Crippen molar-refractivity contribution in [3.63, 3.8) is 0 Å². The topological polar surface area (TPSA) is 41.3 Å². The molecule has 0 saturated heterocycles. The van der Waals surface area contributed by atoms with Gasteiger partial charge in [-0.25, -0.2) is 0 Å². The quantitative estimate of drug-likeness (QED) is 0.561. The predicted octanol–water partition coefficient (Wildman–Crippen LogP) is 3.23. The molecular weight excluding hydrogens is 322 g/mol. The van der Waals surface area contributed by atoms with Gasteiger partial charge in [-0.05, 0) is 54.1 Å². The number of rotatable bonds is 8. The summed E-state index contributed by atoms with van der Waals surface area (Å²) in [6, 6.07) is 5.95. The van der Waals surface area contributed by atoms with Crippen molar-refractivity contribution in [1.82, 2.24) is 4.90 Å². The summed E-state index contributed by atoms with van der Waals surface area (Å²) in [5, 5.41) is 3.41. The molecule has 0 aliphatic rings. The SMILES string of the molecule is CCN(CC)CCCNc1cccc(Br)c1C(N)=S. The van der Waals surface area contributed by atoms with E-state index in [1.807, 2.05) is 18.2 Å². The first kappa shape index (κ1) is 16.4. The minimum atomic E-state index is 0.415. The summed E-state index contributed by atoms with van der Waals surface area (Å²) in [6.07, 6.45) is 1.10. The Morgan fingerprint density at radius 1 is 1.37 bits per heavy atom.